The maximum atomic E-state index is 12.8. The van der Waals surface area contributed by atoms with Gasteiger partial charge < -0.3 is 15.4 Å². The maximum absolute atomic E-state index is 12.8. The predicted molar refractivity (Wildman–Crippen MR) is 129 cm³/mol. The molecule has 3 aromatic rings. The predicted octanol–water partition coefficient (Wildman–Crippen LogP) is 6.26. The number of thiocarbonyl (C=S) groups is 1. The van der Waals surface area contributed by atoms with Gasteiger partial charge in [0.25, 0.3) is 0 Å². The molecule has 0 saturated carbocycles. The van der Waals surface area contributed by atoms with Gasteiger partial charge in [-0.2, -0.15) is 0 Å². The first-order valence-corrected chi connectivity index (χ1v) is 11.1. The number of hydrogen-bond donors (Lipinski definition) is 2. The second-order valence-corrected chi connectivity index (χ2v) is 8.69. The monoisotopic (exact) mass is 438 g/mol. The van der Waals surface area contributed by atoms with Crippen molar-refractivity contribution in [3.8, 4) is 11.1 Å². The Kier molecular flexibility index (Phi) is 7.24. The zero-order valence-corrected chi connectivity index (χ0v) is 19.2. The maximum Gasteiger partial charge on any atom is 0.341 e. The molecule has 156 valence electrons. The number of esters is 1. The molecule has 0 aliphatic carbocycles. The number of aryl methyl sites for hydroxylation is 2. The van der Waals surface area contributed by atoms with E-state index in [-0.39, 0.29) is 12.0 Å². The zero-order chi connectivity index (χ0) is 21.7. The second-order valence-electron chi connectivity index (χ2n) is 7.05. The van der Waals surface area contributed by atoms with E-state index in [1.54, 1.807) is 0 Å². The number of anilines is 1. The summed E-state index contributed by atoms with van der Waals surface area (Å²) in [7, 11) is 0. The van der Waals surface area contributed by atoms with E-state index >= 15 is 0 Å². The standard InChI is InChI=1S/C24H26N2O2S2/c1-5-28-23(27)21-20(19-9-7-6-8-10-19)17(4)30-22(21)26-24(29)25-16(3)18-13-11-15(2)12-14-18/h6-14,16H,5H2,1-4H3,(H2,25,26,29). The van der Waals surface area contributed by atoms with Crippen molar-refractivity contribution in [3.63, 3.8) is 0 Å². The van der Waals surface area contributed by atoms with Gasteiger partial charge in [-0.3, -0.25) is 0 Å². The largest absolute Gasteiger partial charge is 0.462 e. The van der Waals surface area contributed by atoms with Gasteiger partial charge in [0, 0.05) is 10.4 Å². The number of hydrogen-bond acceptors (Lipinski definition) is 4. The van der Waals surface area contributed by atoms with Crippen LogP contribution >= 0.6 is 23.6 Å². The molecule has 1 heterocycles. The number of nitrogens with one attached hydrogen (secondary N) is 2. The second kappa shape index (κ2) is 9.87. The minimum Gasteiger partial charge on any atom is -0.462 e. The lowest BCUT2D eigenvalue weighted by Crippen LogP contribution is -2.31. The molecule has 6 heteroatoms. The van der Waals surface area contributed by atoms with Crippen molar-refractivity contribution in [2.24, 2.45) is 0 Å². The van der Waals surface area contributed by atoms with Gasteiger partial charge >= 0.3 is 5.97 Å². The Morgan fingerprint density at radius 2 is 1.77 bits per heavy atom. The fraction of sp³-hybridized carbons (Fsp3) is 0.250. The molecule has 0 spiro atoms. The Morgan fingerprint density at radius 1 is 1.10 bits per heavy atom. The van der Waals surface area contributed by atoms with Crippen molar-refractivity contribution in [2.45, 2.75) is 33.7 Å². The van der Waals surface area contributed by atoms with Crippen LogP contribution < -0.4 is 10.6 Å². The summed E-state index contributed by atoms with van der Waals surface area (Å²) in [5, 5.41) is 7.70. The minimum atomic E-state index is -0.349. The lowest BCUT2D eigenvalue weighted by Gasteiger charge is -2.17. The molecule has 0 aliphatic heterocycles. The normalized spacial score (nSPS) is 11.6. The molecule has 0 amide bonds. The molecule has 0 radical (unpaired) electrons. The van der Waals surface area contributed by atoms with Crippen molar-refractivity contribution in [1.29, 1.82) is 0 Å². The van der Waals surface area contributed by atoms with Crippen molar-refractivity contribution in [3.05, 3.63) is 76.2 Å². The lowest BCUT2D eigenvalue weighted by atomic mass is 10.0. The highest BCUT2D eigenvalue weighted by molar-refractivity contribution is 7.80. The highest BCUT2D eigenvalue weighted by atomic mass is 32.1. The summed E-state index contributed by atoms with van der Waals surface area (Å²) in [5.74, 6) is -0.349. The van der Waals surface area contributed by atoms with Gasteiger partial charge in [0.05, 0.1) is 12.6 Å². The Labute approximate surface area is 187 Å². The Bertz CT molecular complexity index is 1030. The molecule has 0 aliphatic rings. The lowest BCUT2D eigenvalue weighted by molar-refractivity contribution is 0.0529. The summed E-state index contributed by atoms with van der Waals surface area (Å²) in [6, 6.07) is 18.2. The van der Waals surface area contributed by atoms with E-state index in [9.17, 15) is 4.79 Å². The van der Waals surface area contributed by atoms with Crippen molar-refractivity contribution in [2.75, 3.05) is 11.9 Å². The van der Waals surface area contributed by atoms with E-state index in [4.69, 9.17) is 17.0 Å². The number of benzene rings is 2. The van der Waals surface area contributed by atoms with Crippen LogP contribution in [0.5, 0.6) is 0 Å². The van der Waals surface area contributed by atoms with E-state index in [0.717, 1.165) is 21.6 Å². The summed E-state index contributed by atoms with van der Waals surface area (Å²) < 4.78 is 5.35. The molecule has 1 aromatic heterocycles. The van der Waals surface area contributed by atoms with Crippen LogP contribution in [0, 0.1) is 13.8 Å². The van der Waals surface area contributed by atoms with Gasteiger partial charge in [-0.1, -0.05) is 60.2 Å². The number of ether oxygens (including phenoxy) is 1. The van der Waals surface area contributed by atoms with E-state index < -0.39 is 0 Å². The van der Waals surface area contributed by atoms with Crippen LogP contribution in [-0.4, -0.2) is 17.7 Å². The highest BCUT2D eigenvalue weighted by Crippen LogP contribution is 2.40. The molecule has 3 rings (SSSR count). The average Bonchev–Trinajstić information content (AvgIpc) is 3.04. The van der Waals surface area contributed by atoms with Gasteiger partial charge in [0.15, 0.2) is 5.11 Å². The van der Waals surface area contributed by atoms with E-state index in [1.165, 1.54) is 16.9 Å². The third-order valence-corrected chi connectivity index (χ3v) is 6.02. The zero-order valence-electron chi connectivity index (χ0n) is 17.6. The van der Waals surface area contributed by atoms with Crippen molar-refractivity contribution in [1.82, 2.24) is 5.32 Å². The number of carbonyl (C=O) groups excluding carboxylic acids is 1. The SMILES string of the molecule is CCOC(=O)c1c(NC(=S)NC(C)c2ccc(C)cc2)sc(C)c1-c1ccccc1. The van der Waals surface area contributed by atoms with Gasteiger partial charge in [-0.15, -0.1) is 11.3 Å². The molecule has 0 saturated heterocycles. The molecule has 4 nitrogen and oxygen atoms in total. The first kappa shape index (κ1) is 22.0. The third kappa shape index (κ3) is 5.07. The first-order chi connectivity index (χ1) is 14.4. The van der Waals surface area contributed by atoms with Gasteiger partial charge in [0.2, 0.25) is 0 Å². The van der Waals surface area contributed by atoms with E-state index in [2.05, 4.69) is 48.7 Å². The highest BCUT2D eigenvalue weighted by Gasteiger charge is 2.25. The number of rotatable bonds is 6. The van der Waals surface area contributed by atoms with Crippen LogP contribution in [0.1, 0.15) is 46.3 Å². The van der Waals surface area contributed by atoms with Crippen LogP contribution in [0.25, 0.3) is 11.1 Å². The Hall–Kier alpha value is -2.70. The Morgan fingerprint density at radius 3 is 2.40 bits per heavy atom. The first-order valence-electron chi connectivity index (χ1n) is 9.90. The topological polar surface area (TPSA) is 50.4 Å². The molecule has 0 fully saturated rings. The summed E-state index contributed by atoms with van der Waals surface area (Å²) >= 11 is 7.05. The minimum absolute atomic E-state index is 0.0336. The summed E-state index contributed by atoms with van der Waals surface area (Å²) in [5.41, 5.74) is 4.75. The number of thiophene rings is 1. The molecule has 30 heavy (non-hydrogen) atoms. The van der Waals surface area contributed by atoms with Gasteiger partial charge in [-0.25, -0.2) is 4.79 Å². The van der Waals surface area contributed by atoms with Crippen molar-refractivity contribution >= 4 is 39.6 Å². The van der Waals surface area contributed by atoms with E-state index in [0.29, 0.717) is 22.3 Å². The van der Waals surface area contributed by atoms with Crippen LogP contribution in [0.2, 0.25) is 0 Å². The fourth-order valence-electron chi connectivity index (χ4n) is 3.26. The van der Waals surface area contributed by atoms with Crippen LogP contribution in [0.4, 0.5) is 5.00 Å². The van der Waals surface area contributed by atoms with Gasteiger partial charge in [0.1, 0.15) is 10.6 Å². The molecule has 0 bridgehead atoms. The summed E-state index contributed by atoms with van der Waals surface area (Å²) in [6.07, 6.45) is 0. The van der Waals surface area contributed by atoms with Crippen LogP contribution in [0.3, 0.4) is 0 Å². The molecule has 2 N–H and O–H groups in total. The molecular weight excluding hydrogens is 412 g/mol. The van der Waals surface area contributed by atoms with Gasteiger partial charge in [-0.05, 0) is 51.0 Å². The quantitative estimate of drug-likeness (QED) is 0.352. The third-order valence-electron chi connectivity index (χ3n) is 4.78. The van der Waals surface area contributed by atoms with Crippen molar-refractivity contribution < 1.29 is 9.53 Å². The number of carbonyl (C=O) groups is 1. The molecule has 1 atom stereocenters. The van der Waals surface area contributed by atoms with Crippen LogP contribution in [0.15, 0.2) is 54.6 Å². The summed E-state index contributed by atoms with van der Waals surface area (Å²) in [6.45, 7) is 8.25. The smallest absolute Gasteiger partial charge is 0.341 e. The van der Waals surface area contributed by atoms with E-state index in [1.807, 2.05) is 44.2 Å². The molecular formula is C24H26N2O2S2. The average molecular weight is 439 g/mol. The molecule has 1 unspecified atom stereocenters. The Balaban J connectivity index is 1.87. The molecule has 2 aromatic carbocycles. The summed E-state index contributed by atoms with van der Waals surface area (Å²) in [4.78, 5) is 13.8. The van der Waals surface area contributed by atoms with Crippen LogP contribution in [-0.2, 0) is 4.74 Å². The fourth-order valence-corrected chi connectivity index (χ4v) is 4.67.